The Morgan fingerprint density at radius 2 is 1.83 bits per heavy atom. The summed E-state index contributed by atoms with van der Waals surface area (Å²) < 4.78 is 41.5. The van der Waals surface area contributed by atoms with Crippen molar-refractivity contribution < 1.29 is 32.9 Å². The zero-order valence-electron chi connectivity index (χ0n) is 15.1. The lowest BCUT2D eigenvalue weighted by atomic mass is 10.1. The maximum absolute atomic E-state index is 12.5. The molecule has 0 aliphatic rings. The molecule has 8 nitrogen and oxygen atoms in total. The summed E-state index contributed by atoms with van der Waals surface area (Å²) in [5, 5.41) is 23.9. The molecule has 3 rings (SSSR count). The van der Waals surface area contributed by atoms with Crippen LogP contribution in [0.2, 0.25) is 0 Å². The zero-order valence-corrected chi connectivity index (χ0v) is 15.1. The topological polar surface area (TPSA) is 117 Å². The van der Waals surface area contributed by atoms with E-state index in [0.717, 1.165) is 12.1 Å². The number of hydrogen-bond donors (Lipinski definition) is 4. The number of carbonyl (C=O) groups is 1. The molecule has 2 aromatic carbocycles. The van der Waals surface area contributed by atoms with Crippen molar-refractivity contribution in [1.29, 1.82) is 0 Å². The predicted molar refractivity (Wildman–Crippen MR) is 102 cm³/mol. The SMILES string of the molecule is O=C(O)CNc1nc(Nc2cccc(O)c2)cc(-c2cccc(OC(F)(F)F)c2)n1. The molecule has 0 bridgehead atoms. The van der Waals surface area contributed by atoms with Crippen LogP contribution in [-0.4, -0.2) is 39.1 Å². The van der Waals surface area contributed by atoms with E-state index in [1.165, 1.54) is 30.3 Å². The highest BCUT2D eigenvalue weighted by Crippen LogP contribution is 2.29. The van der Waals surface area contributed by atoms with Gasteiger partial charge >= 0.3 is 12.3 Å². The number of aromatic nitrogens is 2. The summed E-state index contributed by atoms with van der Waals surface area (Å²) in [6, 6.07) is 12.8. The molecule has 0 aliphatic carbocycles. The van der Waals surface area contributed by atoms with E-state index in [9.17, 15) is 23.1 Å². The Labute approximate surface area is 168 Å². The first-order valence-corrected chi connectivity index (χ1v) is 8.45. The van der Waals surface area contributed by atoms with Crippen molar-refractivity contribution in [3.63, 3.8) is 0 Å². The third-order valence-corrected chi connectivity index (χ3v) is 3.61. The van der Waals surface area contributed by atoms with Gasteiger partial charge in [-0.2, -0.15) is 4.98 Å². The highest BCUT2D eigenvalue weighted by molar-refractivity contribution is 5.73. The molecule has 0 radical (unpaired) electrons. The predicted octanol–water partition coefficient (Wildman–Crippen LogP) is 3.99. The van der Waals surface area contributed by atoms with E-state index < -0.39 is 24.6 Å². The molecule has 156 valence electrons. The lowest BCUT2D eigenvalue weighted by Crippen LogP contribution is -2.17. The Hall–Kier alpha value is -4.02. The number of aromatic hydroxyl groups is 1. The van der Waals surface area contributed by atoms with Crippen molar-refractivity contribution in [2.24, 2.45) is 0 Å². The number of nitrogens with one attached hydrogen (secondary N) is 2. The van der Waals surface area contributed by atoms with Gasteiger partial charge in [0.2, 0.25) is 5.95 Å². The molecule has 0 fully saturated rings. The molecule has 0 spiro atoms. The van der Waals surface area contributed by atoms with Crippen LogP contribution in [0.4, 0.5) is 30.6 Å². The zero-order chi connectivity index (χ0) is 21.7. The fourth-order valence-electron chi connectivity index (χ4n) is 2.48. The highest BCUT2D eigenvalue weighted by Gasteiger charge is 2.31. The normalized spacial score (nSPS) is 11.0. The lowest BCUT2D eigenvalue weighted by molar-refractivity contribution is -0.274. The van der Waals surface area contributed by atoms with Crippen LogP contribution in [0.1, 0.15) is 0 Å². The van der Waals surface area contributed by atoms with E-state index in [1.807, 2.05) is 0 Å². The fraction of sp³-hybridized carbons (Fsp3) is 0.105. The summed E-state index contributed by atoms with van der Waals surface area (Å²) >= 11 is 0. The molecule has 0 saturated heterocycles. The Morgan fingerprint density at radius 3 is 2.53 bits per heavy atom. The molecule has 3 aromatic rings. The number of nitrogens with zero attached hydrogens (tertiary/aromatic N) is 2. The van der Waals surface area contributed by atoms with Gasteiger partial charge in [-0.25, -0.2) is 4.98 Å². The molecule has 0 saturated carbocycles. The van der Waals surface area contributed by atoms with Gasteiger partial charge in [-0.3, -0.25) is 4.79 Å². The number of ether oxygens (including phenoxy) is 1. The summed E-state index contributed by atoms with van der Waals surface area (Å²) in [7, 11) is 0. The third-order valence-electron chi connectivity index (χ3n) is 3.61. The molecule has 1 heterocycles. The second kappa shape index (κ2) is 8.55. The van der Waals surface area contributed by atoms with E-state index in [1.54, 1.807) is 12.1 Å². The molecule has 0 aliphatic heterocycles. The van der Waals surface area contributed by atoms with Crippen molar-refractivity contribution in [2.45, 2.75) is 6.36 Å². The van der Waals surface area contributed by atoms with Crippen molar-refractivity contribution in [2.75, 3.05) is 17.2 Å². The summed E-state index contributed by atoms with van der Waals surface area (Å²) in [6.07, 6.45) is -4.85. The van der Waals surface area contributed by atoms with Crippen molar-refractivity contribution in [1.82, 2.24) is 9.97 Å². The Kier molecular flexibility index (Phi) is 5.90. The molecule has 1 aromatic heterocycles. The molecule has 0 amide bonds. The quantitative estimate of drug-likeness (QED) is 0.453. The lowest BCUT2D eigenvalue weighted by Gasteiger charge is -2.12. The average Bonchev–Trinajstić information content (AvgIpc) is 2.65. The molecular weight excluding hydrogens is 405 g/mol. The summed E-state index contributed by atoms with van der Waals surface area (Å²) in [4.78, 5) is 19.1. The Morgan fingerprint density at radius 1 is 1.07 bits per heavy atom. The Bertz CT molecular complexity index is 1060. The number of carboxylic acids is 1. The van der Waals surface area contributed by atoms with E-state index in [4.69, 9.17) is 5.11 Å². The summed E-state index contributed by atoms with van der Waals surface area (Å²) in [6.45, 7) is -0.466. The monoisotopic (exact) mass is 420 g/mol. The van der Waals surface area contributed by atoms with Gasteiger partial charge in [-0.15, -0.1) is 13.2 Å². The summed E-state index contributed by atoms with van der Waals surface area (Å²) in [5.74, 6) is -1.40. The van der Waals surface area contributed by atoms with Crippen LogP contribution >= 0.6 is 0 Å². The number of hydrogen-bond acceptors (Lipinski definition) is 7. The number of anilines is 3. The van der Waals surface area contributed by atoms with Crippen LogP contribution in [0.15, 0.2) is 54.6 Å². The van der Waals surface area contributed by atoms with Gasteiger partial charge in [0.1, 0.15) is 23.9 Å². The van der Waals surface area contributed by atoms with Gasteiger partial charge in [0.25, 0.3) is 0 Å². The van der Waals surface area contributed by atoms with Gasteiger partial charge in [-0.1, -0.05) is 18.2 Å². The smallest absolute Gasteiger partial charge is 0.508 e. The number of carboxylic acid groups (broad SMARTS) is 1. The van der Waals surface area contributed by atoms with E-state index in [0.29, 0.717) is 5.69 Å². The number of benzene rings is 2. The molecule has 30 heavy (non-hydrogen) atoms. The number of alkyl halides is 3. The third kappa shape index (κ3) is 5.99. The van der Waals surface area contributed by atoms with Crippen molar-refractivity contribution >= 4 is 23.4 Å². The van der Waals surface area contributed by atoms with E-state index in [2.05, 4.69) is 25.3 Å². The molecule has 0 atom stereocenters. The van der Waals surface area contributed by atoms with Crippen molar-refractivity contribution in [3.05, 3.63) is 54.6 Å². The van der Waals surface area contributed by atoms with Crippen LogP contribution in [0.5, 0.6) is 11.5 Å². The Balaban J connectivity index is 1.97. The van der Waals surface area contributed by atoms with Gasteiger partial charge < -0.3 is 25.6 Å². The van der Waals surface area contributed by atoms with Crippen LogP contribution in [0, 0.1) is 0 Å². The van der Waals surface area contributed by atoms with Crippen LogP contribution in [0.3, 0.4) is 0 Å². The maximum Gasteiger partial charge on any atom is 0.573 e. The second-order valence-corrected chi connectivity index (χ2v) is 5.96. The highest BCUT2D eigenvalue weighted by atomic mass is 19.4. The van der Waals surface area contributed by atoms with Crippen LogP contribution < -0.4 is 15.4 Å². The van der Waals surface area contributed by atoms with Gasteiger partial charge in [0.05, 0.1) is 5.69 Å². The minimum absolute atomic E-state index is 0.00973. The van der Waals surface area contributed by atoms with Crippen LogP contribution in [-0.2, 0) is 4.79 Å². The number of phenolic OH excluding ortho intramolecular Hbond substituents is 1. The number of halogens is 3. The largest absolute Gasteiger partial charge is 0.573 e. The summed E-state index contributed by atoms with van der Waals surface area (Å²) in [5.41, 5.74) is 0.989. The van der Waals surface area contributed by atoms with E-state index >= 15 is 0 Å². The number of rotatable bonds is 7. The fourth-order valence-corrected chi connectivity index (χ4v) is 2.48. The first-order chi connectivity index (χ1) is 14.2. The first-order valence-electron chi connectivity index (χ1n) is 8.45. The van der Waals surface area contributed by atoms with Gasteiger partial charge in [0, 0.05) is 23.4 Å². The maximum atomic E-state index is 12.5. The van der Waals surface area contributed by atoms with Crippen LogP contribution in [0.25, 0.3) is 11.3 Å². The molecule has 4 N–H and O–H groups in total. The molecule has 0 unspecified atom stereocenters. The second-order valence-electron chi connectivity index (χ2n) is 5.96. The average molecular weight is 420 g/mol. The molecule has 11 heteroatoms. The van der Waals surface area contributed by atoms with Gasteiger partial charge in [-0.05, 0) is 24.3 Å². The molecular formula is C19H15F3N4O4. The van der Waals surface area contributed by atoms with E-state index in [-0.39, 0.29) is 28.8 Å². The first kappa shape index (κ1) is 20.7. The number of aliphatic carboxylic acids is 1. The number of phenols is 1. The minimum Gasteiger partial charge on any atom is -0.508 e. The van der Waals surface area contributed by atoms with Crippen molar-refractivity contribution in [3.8, 4) is 22.8 Å². The standard InChI is InChI=1S/C19H15F3N4O4/c20-19(21,22)30-14-6-1-3-11(7-14)15-9-16(24-12-4-2-5-13(27)8-12)26-18(25-15)23-10-17(28)29/h1-9,27H,10H2,(H,28,29)(H2,23,24,25,26). The van der Waals surface area contributed by atoms with Gasteiger partial charge in [0.15, 0.2) is 0 Å². The minimum atomic E-state index is -4.85.